The number of benzene rings is 3. The van der Waals surface area contributed by atoms with Crippen LogP contribution in [0.1, 0.15) is 27.9 Å². The van der Waals surface area contributed by atoms with Crippen molar-refractivity contribution in [2.24, 2.45) is 0 Å². The van der Waals surface area contributed by atoms with Crippen LogP contribution in [0.15, 0.2) is 84.9 Å². The summed E-state index contributed by atoms with van der Waals surface area (Å²) < 4.78 is 0. The molecule has 1 aliphatic heterocycles. The number of hydrogen-bond acceptors (Lipinski definition) is 3. The smallest absolute Gasteiger partial charge is 0.257 e. The van der Waals surface area contributed by atoms with E-state index in [4.69, 9.17) is 0 Å². The van der Waals surface area contributed by atoms with Crippen LogP contribution in [-0.2, 0) is 16.0 Å². The van der Waals surface area contributed by atoms with Crippen molar-refractivity contribution in [3.05, 3.63) is 102 Å². The summed E-state index contributed by atoms with van der Waals surface area (Å²) in [4.78, 5) is 42.3. The van der Waals surface area contributed by atoms with Gasteiger partial charge >= 0.3 is 0 Å². The van der Waals surface area contributed by atoms with Crippen molar-refractivity contribution in [2.45, 2.75) is 25.8 Å². The Hall–Kier alpha value is -3.73. The summed E-state index contributed by atoms with van der Waals surface area (Å²) in [6, 6.07) is 25.2. The highest BCUT2D eigenvalue weighted by molar-refractivity contribution is 6.23. The molecule has 3 aromatic carbocycles. The molecule has 1 unspecified atom stereocenters. The predicted molar refractivity (Wildman–Crippen MR) is 120 cm³/mol. The van der Waals surface area contributed by atoms with E-state index >= 15 is 0 Å². The molecular weight excluding hydrogens is 388 g/mol. The Balaban J connectivity index is 1.65. The highest BCUT2D eigenvalue weighted by Gasteiger charge is 2.44. The molecule has 0 spiro atoms. The lowest BCUT2D eigenvalue weighted by atomic mass is 10.0. The number of anilines is 1. The third-order valence-corrected chi connectivity index (χ3v) is 5.63. The Morgan fingerprint density at radius 3 is 2.19 bits per heavy atom. The minimum Gasteiger partial charge on any atom is -0.326 e. The molecule has 5 nitrogen and oxygen atoms in total. The highest BCUT2D eigenvalue weighted by Crippen LogP contribution is 2.27. The second-order valence-corrected chi connectivity index (χ2v) is 7.67. The number of amides is 3. The van der Waals surface area contributed by atoms with E-state index in [1.807, 2.05) is 61.5 Å². The van der Waals surface area contributed by atoms with Gasteiger partial charge in [0.2, 0.25) is 5.91 Å². The molecule has 1 fully saturated rings. The Bertz CT molecular complexity index is 1100. The van der Waals surface area contributed by atoms with Crippen LogP contribution in [0.4, 0.5) is 5.69 Å². The summed E-state index contributed by atoms with van der Waals surface area (Å²) in [5.74, 6) is -0.871. The molecule has 5 heteroatoms. The van der Waals surface area contributed by atoms with Gasteiger partial charge in [0, 0.05) is 12.1 Å². The minimum absolute atomic E-state index is 0.0138. The van der Waals surface area contributed by atoms with Gasteiger partial charge in [-0.05, 0) is 42.7 Å². The molecule has 3 amide bonds. The zero-order chi connectivity index (χ0) is 21.8. The number of aryl methyl sites for hydroxylation is 1. The first-order valence-corrected chi connectivity index (χ1v) is 10.4. The SMILES string of the molecule is Cc1ccccc1C(=O)N(CCc1ccccc1)C1CC(=O)N(c2ccccc2)C1=O. The number of nitrogens with zero attached hydrogens (tertiary/aromatic N) is 2. The van der Waals surface area contributed by atoms with Crippen molar-refractivity contribution in [2.75, 3.05) is 11.4 Å². The number of imide groups is 1. The molecule has 0 aromatic heterocycles. The molecule has 1 saturated heterocycles. The van der Waals surface area contributed by atoms with E-state index < -0.39 is 6.04 Å². The maximum absolute atomic E-state index is 13.5. The molecule has 4 rings (SSSR count). The summed E-state index contributed by atoms with van der Waals surface area (Å²) in [6.07, 6.45) is 0.585. The summed E-state index contributed by atoms with van der Waals surface area (Å²) >= 11 is 0. The Labute approximate surface area is 181 Å². The van der Waals surface area contributed by atoms with E-state index in [0.717, 1.165) is 11.1 Å². The van der Waals surface area contributed by atoms with Gasteiger partial charge in [-0.25, -0.2) is 4.90 Å². The van der Waals surface area contributed by atoms with Gasteiger partial charge in [0.15, 0.2) is 0 Å². The van der Waals surface area contributed by atoms with Crippen LogP contribution >= 0.6 is 0 Å². The standard InChI is InChI=1S/C26H24N2O3/c1-19-10-8-9-15-22(19)25(30)27(17-16-20-11-4-2-5-12-20)23-18-24(29)28(26(23)31)21-13-6-3-7-14-21/h2-15,23H,16-18H2,1H3. The molecular formula is C26H24N2O3. The van der Waals surface area contributed by atoms with Gasteiger partial charge in [-0.1, -0.05) is 66.7 Å². The average Bonchev–Trinajstić information content (AvgIpc) is 3.09. The molecule has 1 atom stereocenters. The quantitative estimate of drug-likeness (QED) is 0.575. The summed E-state index contributed by atoms with van der Waals surface area (Å²) in [5.41, 5.74) is 3.00. The third kappa shape index (κ3) is 4.26. The molecule has 156 valence electrons. The van der Waals surface area contributed by atoms with Crippen molar-refractivity contribution in [3.8, 4) is 0 Å². The Kier molecular flexibility index (Phi) is 5.94. The van der Waals surface area contributed by atoms with Crippen LogP contribution in [0, 0.1) is 6.92 Å². The van der Waals surface area contributed by atoms with Crippen molar-refractivity contribution < 1.29 is 14.4 Å². The maximum Gasteiger partial charge on any atom is 0.257 e. The number of carbonyl (C=O) groups is 3. The molecule has 31 heavy (non-hydrogen) atoms. The minimum atomic E-state index is -0.816. The van der Waals surface area contributed by atoms with E-state index in [-0.39, 0.29) is 24.1 Å². The molecule has 0 N–H and O–H groups in total. The van der Waals surface area contributed by atoms with Crippen molar-refractivity contribution >= 4 is 23.4 Å². The molecule has 0 radical (unpaired) electrons. The lowest BCUT2D eigenvalue weighted by Crippen LogP contribution is -2.46. The van der Waals surface area contributed by atoms with Gasteiger partial charge in [-0.2, -0.15) is 0 Å². The van der Waals surface area contributed by atoms with Gasteiger partial charge in [0.1, 0.15) is 6.04 Å². The van der Waals surface area contributed by atoms with E-state index in [1.54, 1.807) is 35.2 Å². The van der Waals surface area contributed by atoms with E-state index in [1.165, 1.54) is 4.90 Å². The summed E-state index contributed by atoms with van der Waals surface area (Å²) in [7, 11) is 0. The van der Waals surface area contributed by atoms with Crippen LogP contribution in [0.3, 0.4) is 0 Å². The highest BCUT2D eigenvalue weighted by atomic mass is 16.2. The van der Waals surface area contributed by atoms with Crippen LogP contribution in [-0.4, -0.2) is 35.2 Å². The first-order valence-electron chi connectivity index (χ1n) is 10.4. The second kappa shape index (κ2) is 8.96. The van der Waals surface area contributed by atoms with E-state index in [2.05, 4.69) is 0 Å². The normalized spacial score (nSPS) is 15.9. The molecule has 0 bridgehead atoms. The van der Waals surface area contributed by atoms with Gasteiger partial charge < -0.3 is 4.90 Å². The van der Waals surface area contributed by atoms with Crippen molar-refractivity contribution in [1.29, 1.82) is 0 Å². The third-order valence-electron chi connectivity index (χ3n) is 5.63. The summed E-state index contributed by atoms with van der Waals surface area (Å²) in [6.45, 7) is 2.23. The molecule has 0 aliphatic carbocycles. The zero-order valence-corrected chi connectivity index (χ0v) is 17.4. The van der Waals surface area contributed by atoms with Crippen molar-refractivity contribution in [3.63, 3.8) is 0 Å². The van der Waals surface area contributed by atoms with Crippen LogP contribution in [0.5, 0.6) is 0 Å². The maximum atomic E-state index is 13.5. The monoisotopic (exact) mass is 412 g/mol. The van der Waals surface area contributed by atoms with Gasteiger partial charge in [0.05, 0.1) is 12.1 Å². The number of hydrogen-bond donors (Lipinski definition) is 0. The lowest BCUT2D eigenvalue weighted by Gasteiger charge is -2.28. The molecule has 0 saturated carbocycles. The van der Waals surface area contributed by atoms with Crippen LogP contribution in [0.25, 0.3) is 0 Å². The van der Waals surface area contributed by atoms with Crippen molar-refractivity contribution in [1.82, 2.24) is 4.90 Å². The number of rotatable bonds is 6. The fourth-order valence-electron chi connectivity index (χ4n) is 3.97. The topological polar surface area (TPSA) is 57.7 Å². The van der Waals surface area contributed by atoms with Gasteiger partial charge in [-0.3, -0.25) is 14.4 Å². The fourth-order valence-corrected chi connectivity index (χ4v) is 3.97. The number of para-hydroxylation sites is 1. The predicted octanol–water partition coefficient (Wildman–Crippen LogP) is 4.01. The summed E-state index contributed by atoms with van der Waals surface area (Å²) in [5, 5.41) is 0. The fraction of sp³-hybridized carbons (Fsp3) is 0.192. The van der Waals surface area contributed by atoms with Crippen LogP contribution < -0.4 is 4.90 Å². The van der Waals surface area contributed by atoms with Gasteiger partial charge in [0.25, 0.3) is 11.8 Å². The Morgan fingerprint density at radius 2 is 1.52 bits per heavy atom. The molecule has 1 heterocycles. The number of carbonyl (C=O) groups excluding carboxylic acids is 3. The average molecular weight is 412 g/mol. The van der Waals surface area contributed by atoms with Gasteiger partial charge in [-0.15, -0.1) is 0 Å². The lowest BCUT2D eigenvalue weighted by molar-refractivity contribution is -0.122. The Morgan fingerprint density at radius 1 is 0.903 bits per heavy atom. The first kappa shape index (κ1) is 20.5. The van der Waals surface area contributed by atoms with E-state index in [9.17, 15) is 14.4 Å². The van der Waals surface area contributed by atoms with Crippen LogP contribution in [0.2, 0.25) is 0 Å². The molecule has 3 aromatic rings. The first-order chi connectivity index (χ1) is 15.1. The largest absolute Gasteiger partial charge is 0.326 e. The zero-order valence-electron chi connectivity index (χ0n) is 17.4. The molecule has 1 aliphatic rings. The second-order valence-electron chi connectivity index (χ2n) is 7.67. The van der Waals surface area contributed by atoms with E-state index in [0.29, 0.717) is 24.2 Å².